The Hall–Kier alpha value is -3.71. The number of rotatable bonds is 18. The molecule has 0 N–H and O–H groups in total. The van der Waals surface area contributed by atoms with E-state index in [0.717, 1.165) is 9.13 Å². The van der Waals surface area contributed by atoms with E-state index in [1.165, 1.54) is 0 Å². The van der Waals surface area contributed by atoms with Gasteiger partial charge in [-0.05, 0) is 19.3 Å². The zero-order valence-electron chi connectivity index (χ0n) is 22.2. The molecule has 0 radical (unpaired) electrons. The number of esters is 4. The summed E-state index contributed by atoms with van der Waals surface area (Å²) in [6.07, 6.45) is 1.69. The molecule has 14 heteroatoms. The zero-order chi connectivity index (χ0) is 28.5. The maximum absolute atomic E-state index is 12.9. The molecule has 38 heavy (non-hydrogen) atoms. The minimum absolute atomic E-state index is 0.170. The lowest BCUT2D eigenvalue weighted by Gasteiger charge is -2.14. The molecule has 0 spiro atoms. The quantitative estimate of drug-likeness (QED) is 0.182. The standard InChI is InChI=1S/C24H37N3O11/c1-4-7-18(28)36-15-11-25-22(32)26(12-16-37-19(29)8-5-2)24(34)27(23(25)33)13-17-38-21(31)10-9-20(30)35-14-6-3/h4-17H2,1-3H3. The van der Waals surface area contributed by atoms with Crippen LogP contribution in [0.4, 0.5) is 0 Å². The molecule has 1 heterocycles. The summed E-state index contributed by atoms with van der Waals surface area (Å²) in [5, 5.41) is 0. The van der Waals surface area contributed by atoms with Crippen molar-refractivity contribution in [3.63, 3.8) is 0 Å². The van der Waals surface area contributed by atoms with Crippen molar-refractivity contribution in [3.8, 4) is 0 Å². The molecule has 0 aliphatic carbocycles. The maximum atomic E-state index is 12.9. The molecule has 1 rings (SSSR count). The van der Waals surface area contributed by atoms with Gasteiger partial charge in [0.2, 0.25) is 0 Å². The second-order valence-corrected chi connectivity index (χ2v) is 8.18. The van der Waals surface area contributed by atoms with Gasteiger partial charge in [0.05, 0.1) is 39.1 Å². The van der Waals surface area contributed by atoms with Gasteiger partial charge in [0.25, 0.3) is 0 Å². The third-order valence-corrected chi connectivity index (χ3v) is 5.03. The third-order valence-electron chi connectivity index (χ3n) is 5.03. The Balaban J connectivity index is 3.01. The monoisotopic (exact) mass is 543 g/mol. The van der Waals surface area contributed by atoms with Crippen LogP contribution in [0.1, 0.15) is 65.7 Å². The van der Waals surface area contributed by atoms with Crippen LogP contribution in [0.3, 0.4) is 0 Å². The Labute approximate surface area is 219 Å². The maximum Gasteiger partial charge on any atom is 0.336 e. The van der Waals surface area contributed by atoms with E-state index in [4.69, 9.17) is 18.9 Å². The fraction of sp³-hybridized carbons (Fsp3) is 0.708. The summed E-state index contributed by atoms with van der Waals surface area (Å²) in [6, 6.07) is 0. The normalized spacial score (nSPS) is 10.6. The summed E-state index contributed by atoms with van der Waals surface area (Å²) < 4.78 is 22.1. The molecule has 214 valence electrons. The molecule has 0 amide bonds. The molecule has 0 bridgehead atoms. The Kier molecular flexibility index (Phi) is 15.0. The minimum Gasteiger partial charge on any atom is -0.466 e. The van der Waals surface area contributed by atoms with E-state index in [9.17, 15) is 33.6 Å². The van der Waals surface area contributed by atoms with Crippen LogP contribution in [0.25, 0.3) is 0 Å². The second kappa shape index (κ2) is 17.7. The van der Waals surface area contributed by atoms with Crippen LogP contribution in [0.15, 0.2) is 14.4 Å². The van der Waals surface area contributed by atoms with Gasteiger partial charge in [-0.3, -0.25) is 19.2 Å². The average molecular weight is 544 g/mol. The summed E-state index contributed by atoms with van der Waals surface area (Å²) in [5.41, 5.74) is -2.92. The topological polar surface area (TPSA) is 171 Å². The highest BCUT2D eigenvalue weighted by Crippen LogP contribution is 1.97. The third kappa shape index (κ3) is 11.1. The molecule has 1 aromatic rings. The number of aromatic nitrogens is 3. The minimum atomic E-state index is -0.982. The lowest BCUT2D eigenvalue weighted by Crippen LogP contribution is -2.55. The van der Waals surface area contributed by atoms with E-state index in [0.29, 0.717) is 23.8 Å². The number of carbonyl (C=O) groups is 4. The van der Waals surface area contributed by atoms with Gasteiger partial charge in [-0.25, -0.2) is 28.1 Å². The fourth-order valence-electron chi connectivity index (χ4n) is 3.13. The lowest BCUT2D eigenvalue weighted by molar-refractivity contribution is -0.150. The predicted octanol–water partition coefficient (Wildman–Crippen LogP) is 0.135. The largest absolute Gasteiger partial charge is 0.466 e. The van der Waals surface area contributed by atoms with Gasteiger partial charge < -0.3 is 18.9 Å². The molecule has 0 aliphatic rings. The molecule has 0 aliphatic heterocycles. The van der Waals surface area contributed by atoms with Gasteiger partial charge in [0, 0.05) is 12.8 Å². The SMILES string of the molecule is CCCOC(=O)CCC(=O)OCCn1c(=O)n(CCOC(=O)CCC)c(=O)n(CCOC(=O)CCC)c1=O. The van der Waals surface area contributed by atoms with Crippen molar-refractivity contribution >= 4 is 23.9 Å². The van der Waals surface area contributed by atoms with E-state index >= 15 is 0 Å². The smallest absolute Gasteiger partial charge is 0.336 e. The van der Waals surface area contributed by atoms with Gasteiger partial charge in [0.1, 0.15) is 19.8 Å². The van der Waals surface area contributed by atoms with Gasteiger partial charge >= 0.3 is 40.9 Å². The van der Waals surface area contributed by atoms with Crippen molar-refractivity contribution in [3.05, 3.63) is 31.5 Å². The first kappa shape index (κ1) is 32.3. The van der Waals surface area contributed by atoms with E-state index in [2.05, 4.69) is 0 Å². The van der Waals surface area contributed by atoms with Crippen LogP contribution < -0.4 is 17.1 Å². The number of ether oxygens (including phenoxy) is 4. The van der Waals surface area contributed by atoms with Gasteiger partial charge in [-0.15, -0.1) is 0 Å². The van der Waals surface area contributed by atoms with Crippen molar-refractivity contribution in [2.75, 3.05) is 26.4 Å². The first-order chi connectivity index (χ1) is 18.2. The van der Waals surface area contributed by atoms with E-state index in [1.807, 2.05) is 6.92 Å². The van der Waals surface area contributed by atoms with Crippen molar-refractivity contribution in [2.45, 2.75) is 85.4 Å². The fourth-order valence-corrected chi connectivity index (χ4v) is 3.13. The Morgan fingerprint density at radius 1 is 0.474 bits per heavy atom. The predicted molar refractivity (Wildman–Crippen MR) is 132 cm³/mol. The molecule has 14 nitrogen and oxygen atoms in total. The van der Waals surface area contributed by atoms with Crippen LogP contribution in [-0.2, 0) is 57.8 Å². The molecule has 0 saturated heterocycles. The molecule has 0 fully saturated rings. The van der Waals surface area contributed by atoms with Crippen molar-refractivity contribution in [1.82, 2.24) is 13.7 Å². The van der Waals surface area contributed by atoms with Crippen LogP contribution in [0.5, 0.6) is 0 Å². The van der Waals surface area contributed by atoms with E-state index in [1.54, 1.807) is 13.8 Å². The Morgan fingerprint density at radius 3 is 1.05 bits per heavy atom. The number of carbonyl (C=O) groups excluding carboxylic acids is 4. The Bertz CT molecular complexity index is 1050. The zero-order valence-corrected chi connectivity index (χ0v) is 22.2. The van der Waals surface area contributed by atoms with E-state index < -0.39 is 40.9 Å². The Morgan fingerprint density at radius 2 is 0.763 bits per heavy atom. The molecule has 0 unspecified atom stereocenters. The molecule has 1 aromatic heterocycles. The molecular formula is C24H37N3O11. The van der Waals surface area contributed by atoms with Crippen molar-refractivity contribution < 1.29 is 38.1 Å². The van der Waals surface area contributed by atoms with E-state index in [-0.39, 0.29) is 71.7 Å². The van der Waals surface area contributed by atoms with Gasteiger partial charge in [-0.1, -0.05) is 20.8 Å². The lowest BCUT2D eigenvalue weighted by atomic mass is 10.3. The number of hydrogen-bond acceptors (Lipinski definition) is 11. The van der Waals surface area contributed by atoms with Crippen LogP contribution in [0, 0.1) is 0 Å². The van der Waals surface area contributed by atoms with Crippen LogP contribution in [-0.4, -0.2) is 64.0 Å². The second-order valence-electron chi connectivity index (χ2n) is 8.18. The summed E-state index contributed by atoms with van der Waals surface area (Å²) in [7, 11) is 0. The first-order valence-corrected chi connectivity index (χ1v) is 12.7. The highest BCUT2D eigenvalue weighted by Gasteiger charge is 2.17. The first-order valence-electron chi connectivity index (χ1n) is 12.7. The molecule has 0 saturated carbocycles. The van der Waals surface area contributed by atoms with Gasteiger partial charge in [-0.2, -0.15) is 0 Å². The number of nitrogens with zero attached hydrogens (tertiary/aromatic N) is 3. The van der Waals surface area contributed by atoms with Gasteiger partial charge in [0.15, 0.2) is 0 Å². The van der Waals surface area contributed by atoms with Crippen molar-refractivity contribution in [1.29, 1.82) is 0 Å². The average Bonchev–Trinajstić information content (AvgIpc) is 2.87. The molecule has 0 atom stereocenters. The van der Waals surface area contributed by atoms with Crippen LogP contribution in [0.2, 0.25) is 0 Å². The highest BCUT2D eigenvalue weighted by molar-refractivity contribution is 5.77. The van der Waals surface area contributed by atoms with Crippen LogP contribution >= 0.6 is 0 Å². The molecule has 0 aromatic carbocycles. The summed E-state index contributed by atoms with van der Waals surface area (Å²) >= 11 is 0. The number of hydrogen-bond donors (Lipinski definition) is 0. The van der Waals surface area contributed by atoms with Crippen molar-refractivity contribution in [2.24, 2.45) is 0 Å². The summed E-state index contributed by atoms with van der Waals surface area (Å²) in [4.78, 5) is 85.4. The molecular weight excluding hydrogens is 506 g/mol. The summed E-state index contributed by atoms with van der Waals surface area (Å²) in [5.74, 6) is -2.27. The highest BCUT2D eigenvalue weighted by atomic mass is 16.5. The summed E-state index contributed by atoms with van der Waals surface area (Å²) in [6.45, 7) is 3.71.